The van der Waals surface area contributed by atoms with Gasteiger partial charge in [-0.25, -0.2) is 4.98 Å². The molecule has 4 rings (SSSR count). The van der Waals surface area contributed by atoms with Gasteiger partial charge in [0.05, 0.1) is 18.5 Å². The summed E-state index contributed by atoms with van der Waals surface area (Å²) in [5.74, 6) is 0.0591. The highest BCUT2D eigenvalue weighted by Crippen LogP contribution is 2.45. The van der Waals surface area contributed by atoms with Crippen LogP contribution in [0.4, 0.5) is 10.8 Å². The minimum Gasteiger partial charge on any atom is -0.496 e. The lowest BCUT2D eigenvalue weighted by atomic mass is 10.1. The van der Waals surface area contributed by atoms with Gasteiger partial charge in [-0.1, -0.05) is 35.5 Å². The fraction of sp³-hybridized carbons (Fsp3) is 0.227. The lowest BCUT2D eigenvalue weighted by Gasteiger charge is -2.36. The zero-order valence-electron chi connectivity index (χ0n) is 17.1. The first kappa shape index (κ1) is 20.4. The highest BCUT2D eigenvalue weighted by atomic mass is 32.2. The van der Waals surface area contributed by atoms with E-state index in [2.05, 4.69) is 10.3 Å². The van der Waals surface area contributed by atoms with E-state index in [1.807, 2.05) is 54.8 Å². The van der Waals surface area contributed by atoms with Gasteiger partial charge in [-0.15, -0.1) is 11.3 Å². The van der Waals surface area contributed by atoms with Gasteiger partial charge in [0.2, 0.25) is 0 Å². The molecule has 1 atom stereocenters. The molecule has 1 aliphatic rings. The Morgan fingerprint density at radius 1 is 1.23 bits per heavy atom. The lowest BCUT2D eigenvalue weighted by molar-refractivity contribution is -0.128. The van der Waals surface area contributed by atoms with Crippen molar-refractivity contribution < 1.29 is 14.3 Å². The average molecular weight is 440 g/mol. The number of thioether (sulfide) groups is 1. The predicted molar refractivity (Wildman–Crippen MR) is 122 cm³/mol. The molecule has 2 amide bonds. The van der Waals surface area contributed by atoms with E-state index in [0.717, 1.165) is 21.7 Å². The summed E-state index contributed by atoms with van der Waals surface area (Å²) in [6, 6.07) is 13.4. The van der Waals surface area contributed by atoms with Crippen LogP contribution in [0.5, 0.6) is 5.75 Å². The molecule has 0 spiro atoms. The zero-order chi connectivity index (χ0) is 21.5. The number of aryl methyl sites for hydroxylation is 1. The molecule has 154 valence electrons. The number of methoxy groups -OCH3 is 1. The van der Waals surface area contributed by atoms with Crippen molar-refractivity contribution in [3.63, 3.8) is 0 Å². The molecule has 1 aromatic heterocycles. The molecule has 0 aliphatic carbocycles. The maximum absolute atomic E-state index is 13.1. The summed E-state index contributed by atoms with van der Waals surface area (Å²) >= 11 is 2.58. The van der Waals surface area contributed by atoms with Gasteiger partial charge in [0.25, 0.3) is 11.8 Å². The average Bonchev–Trinajstić information content (AvgIpc) is 3.20. The van der Waals surface area contributed by atoms with Gasteiger partial charge in [0.15, 0.2) is 9.88 Å². The van der Waals surface area contributed by atoms with E-state index in [4.69, 9.17) is 4.74 Å². The maximum Gasteiger partial charge on any atom is 0.252 e. The van der Waals surface area contributed by atoms with E-state index in [-0.39, 0.29) is 5.91 Å². The Kier molecular flexibility index (Phi) is 5.29. The predicted octanol–water partition coefficient (Wildman–Crippen LogP) is 4.59. The number of carbonyl (C=O) groups is 2. The summed E-state index contributed by atoms with van der Waals surface area (Å²) in [4.78, 5) is 33.1. The first-order valence-corrected chi connectivity index (χ1v) is 11.0. The molecule has 0 saturated carbocycles. The number of thiazole rings is 1. The van der Waals surface area contributed by atoms with E-state index < -0.39 is 10.7 Å². The normalized spacial score (nSPS) is 18.1. The number of fused-ring (bicyclic) bond motifs is 1. The number of hydrogen-bond donors (Lipinski definition) is 1. The number of para-hydroxylation sites is 1. The second-order valence-electron chi connectivity index (χ2n) is 7.16. The van der Waals surface area contributed by atoms with Crippen LogP contribution in [0.3, 0.4) is 0 Å². The van der Waals surface area contributed by atoms with Crippen LogP contribution in [0.15, 0.2) is 52.7 Å². The minimum atomic E-state index is -1.28. The van der Waals surface area contributed by atoms with Crippen LogP contribution >= 0.6 is 23.1 Å². The Hall–Kier alpha value is -2.84. The Balaban J connectivity index is 1.60. The van der Waals surface area contributed by atoms with Crippen LogP contribution < -0.4 is 15.0 Å². The van der Waals surface area contributed by atoms with Crippen molar-refractivity contribution in [2.45, 2.75) is 23.5 Å². The molecular weight excluding hydrogens is 418 g/mol. The molecular formula is C22H21N3O3S2. The molecule has 0 bridgehead atoms. The van der Waals surface area contributed by atoms with E-state index in [1.54, 1.807) is 21.1 Å². The smallest absolute Gasteiger partial charge is 0.252 e. The summed E-state index contributed by atoms with van der Waals surface area (Å²) in [6.45, 7) is 3.65. The summed E-state index contributed by atoms with van der Waals surface area (Å²) in [5.41, 5.74) is 3.46. The number of nitrogens with zero attached hydrogens (tertiary/aromatic N) is 2. The van der Waals surface area contributed by atoms with E-state index in [1.165, 1.54) is 28.0 Å². The third-order valence-electron chi connectivity index (χ3n) is 5.04. The van der Waals surface area contributed by atoms with Crippen LogP contribution in [-0.2, 0) is 9.59 Å². The van der Waals surface area contributed by atoms with Crippen molar-refractivity contribution >= 4 is 45.7 Å². The van der Waals surface area contributed by atoms with Gasteiger partial charge in [0, 0.05) is 22.9 Å². The van der Waals surface area contributed by atoms with E-state index >= 15 is 0 Å². The SMILES string of the molecule is COc1ccc(C)cc1-c1csc(NC(=O)C2(C)Sc3ccccc3N(C)C2=O)n1. The fourth-order valence-electron chi connectivity index (χ4n) is 3.35. The molecule has 8 heteroatoms. The maximum atomic E-state index is 13.1. The van der Waals surface area contributed by atoms with Gasteiger partial charge in [-0.05, 0) is 38.1 Å². The van der Waals surface area contributed by atoms with Gasteiger partial charge >= 0.3 is 0 Å². The number of amides is 2. The molecule has 0 saturated heterocycles. The first-order valence-electron chi connectivity index (χ1n) is 9.31. The van der Waals surface area contributed by atoms with Crippen molar-refractivity contribution in [3.8, 4) is 17.0 Å². The first-order chi connectivity index (χ1) is 14.3. The second-order valence-corrected chi connectivity index (χ2v) is 9.48. The fourth-order valence-corrected chi connectivity index (χ4v) is 5.32. The molecule has 1 aliphatic heterocycles. The largest absolute Gasteiger partial charge is 0.496 e. The van der Waals surface area contributed by atoms with Crippen molar-refractivity contribution in [2.75, 3.05) is 24.4 Å². The summed E-state index contributed by atoms with van der Waals surface area (Å²) < 4.78 is 4.16. The van der Waals surface area contributed by atoms with Crippen LogP contribution in [0, 0.1) is 6.92 Å². The number of carbonyl (C=O) groups excluding carboxylic acids is 2. The number of ether oxygens (including phenoxy) is 1. The molecule has 2 heterocycles. The molecule has 0 fully saturated rings. The van der Waals surface area contributed by atoms with Crippen LogP contribution in [0.25, 0.3) is 11.3 Å². The van der Waals surface area contributed by atoms with Crippen molar-refractivity contribution in [3.05, 3.63) is 53.4 Å². The van der Waals surface area contributed by atoms with Gasteiger partial charge in [-0.2, -0.15) is 0 Å². The quantitative estimate of drug-likeness (QED) is 0.602. The highest BCUT2D eigenvalue weighted by Gasteiger charge is 2.48. The lowest BCUT2D eigenvalue weighted by Crippen LogP contribution is -2.53. The van der Waals surface area contributed by atoms with Crippen molar-refractivity contribution in [2.24, 2.45) is 0 Å². The summed E-state index contributed by atoms with van der Waals surface area (Å²) in [5, 5.41) is 5.14. The number of benzene rings is 2. The molecule has 1 N–H and O–H groups in total. The molecule has 2 aromatic carbocycles. The van der Waals surface area contributed by atoms with Crippen LogP contribution in [-0.4, -0.2) is 35.7 Å². The van der Waals surface area contributed by atoms with Gasteiger partial charge in [-0.3, -0.25) is 9.59 Å². The van der Waals surface area contributed by atoms with Gasteiger partial charge in [0.1, 0.15) is 5.75 Å². The molecule has 30 heavy (non-hydrogen) atoms. The van der Waals surface area contributed by atoms with Crippen molar-refractivity contribution in [1.29, 1.82) is 0 Å². The molecule has 0 radical (unpaired) electrons. The Labute approximate surface area is 183 Å². The number of aromatic nitrogens is 1. The second kappa shape index (κ2) is 7.77. The molecule has 3 aromatic rings. The number of anilines is 2. The Bertz CT molecular complexity index is 1140. The zero-order valence-corrected chi connectivity index (χ0v) is 18.7. The monoisotopic (exact) mass is 439 g/mol. The standard InChI is InChI=1S/C22H21N3O3S2/c1-13-9-10-17(28-4)14(11-13)15-12-29-21(23-15)24-19(26)22(2)20(27)25(3)16-7-5-6-8-18(16)30-22/h5-12H,1-4H3,(H,23,24,26). The van der Waals surface area contributed by atoms with E-state index in [0.29, 0.717) is 16.6 Å². The van der Waals surface area contributed by atoms with Crippen molar-refractivity contribution in [1.82, 2.24) is 4.98 Å². The van der Waals surface area contributed by atoms with Gasteiger partial charge < -0.3 is 15.0 Å². The third-order valence-corrected chi connectivity index (χ3v) is 7.13. The Morgan fingerprint density at radius 3 is 2.77 bits per heavy atom. The number of nitrogens with one attached hydrogen (secondary N) is 1. The third kappa shape index (κ3) is 3.46. The van der Waals surface area contributed by atoms with E-state index in [9.17, 15) is 9.59 Å². The number of rotatable bonds is 4. The van der Waals surface area contributed by atoms with Crippen LogP contribution in [0.2, 0.25) is 0 Å². The minimum absolute atomic E-state index is 0.263. The topological polar surface area (TPSA) is 71.5 Å². The highest BCUT2D eigenvalue weighted by molar-refractivity contribution is 8.02. The summed E-state index contributed by atoms with van der Waals surface area (Å²) in [7, 11) is 3.31. The molecule has 6 nitrogen and oxygen atoms in total. The molecule has 1 unspecified atom stereocenters. The Morgan fingerprint density at radius 2 is 2.00 bits per heavy atom. The number of hydrogen-bond acceptors (Lipinski definition) is 6. The summed E-state index contributed by atoms with van der Waals surface area (Å²) in [6.07, 6.45) is 0. The van der Waals surface area contributed by atoms with Crippen LogP contribution in [0.1, 0.15) is 12.5 Å².